The van der Waals surface area contributed by atoms with Crippen LogP contribution in [-0.2, 0) is 14.4 Å². The minimum absolute atomic E-state index is 0.00939. The molecule has 0 radical (unpaired) electrons. The number of fused-ring (bicyclic) bond motifs is 3. The van der Waals surface area contributed by atoms with E-state index in [1.54, 1.807) is 93.9 Å². The third-order valence-electron chi connectivity index (χ3n) is 22.9. The fraction of sp³-hybridized carbons (Fsp3) is 0.300. The molecule has 3 aromatic carbocycles. The van der Waals surface area contributed by atoms with Gasteiger partial charge in [0.05, 0.1) is 82.8 Å². The Bertz CT molecular complexity index is 6310. The molecule has 0 bridgehead atoms. The summed E-state index contributed by atoms with van der Waals surface area (Å²) in [6, 6.07) is 7.12. The van der Waals surface area contributed by atoms with E-state index in [-0.39, 0.29) is 156 Å². The van der Waals surface area contributed by atoms with Gasteiger partial charge in [-0.3, -0.25) is 29.3 Å². The first kappa shape index (κ1) is 96.4. The lowest BCUT2D eigenvalue weighted by Gasteiger charge is -2.40. The average molecular weight is 1910 g/mol. The van der Waals surface area contributed by atoms with E-state index in [2.05, 4.69) is 64.6 Å². The topological polar surface area (TPSA) is 331 Å². The van der Waals surface area contributed by atoms with E-state index < -0.39 is 152 Å². The number of carbonyl (C=O) groups is 3. The van der Waals surface area contributed by atoms with E-state index in [9.17, 15) is 55.1 Å². The first-order chi connectivity index (χ1) is 62.3. The number of anilines is 6. The summed E-state index contributed by atoms with van der Waals surface area (Å²) in [6.45, 7) is 34.8. The van der Waals surface area contributed by atoms with Crippen LogP contribution in [0, 0.1) is 84.8 Å². The molecule has 0 aliphatic carbocycles. The van der Waals surface area contributed by atoms with Gasteiger partial charge >= 0.3 is 17.1 Å². The van der Waals surface area contributed by atoms with Crippen molar-refractivity contribution in [2.24, 2.45) is 0 Å². The number of piperazine rings is 3. The van der Waals surface area contributed by atoms with Gasteiger partial charge < -0.3 is 46.6 Å². The highest BCUT2D eigenvalue weighted by Crippen LogP contribution is 2.47. The average Bonchev–Trinajstić information content (AvgIpc) is 0.736. The number of rotatable bonds is 15. The van der Waals surface area contributed by atoms with Gasteiger partial charge in [-0.1, -0.05) is 108 Å². The molecule has 6 N–H and O–H groups in total. The number of nitrogens with two attached hydrogens (primary N) is 3. The Morgan fingerprint density at radius 3 is 1.02 bits per heavy atom. The minimum atomic E-state index is -2.11. The molecule has 42 heteroatoms. The highest BCUT2D eigenvalue weighted by atomic mass is 35.5. The van der Waals surface area contributed by atoms with Crippen LogP contribution in [0.2, 0.25) is 20.1 Å². The number of pyridine rings is 6. The van der Waals surface area contributed by atoms with Gasteiger partial charge in [0.1, 0.15) is 56.1 Å². The van der Waals surface area contributed by atoms with Crippen molar-refractivity contribution in [2.45, 2.75) is 119 Å². The summed E-state index contributed by atoms with van der Waals surface area (Å²) in [6.07, 6.45) is 8.40. The van der Waals surface area contributed by atoms with Crippen LogP contribution in [-0.4, -0.2) is 168 Å². The third-order valence-corrected chi connectivity index (χ3v) is 24.4. The van der Waals surface area contributed by atoms with Crippen molar-refractivity contribution in [3.05, 3.63) is 242 Å². The van der Waals surface area contributed by atoms with Crippen LogP contribution in [0.25, 0.3) is 83.9 Å². The fourth-order valence-corrected chi connectivity index (χ4v) is 17.4. The van der Waals surface area contributed by atoms with Gasteiger partial charge in [0.2, 0.25) is 17.7 Å². The lowest BCUT2D eigenvalue weighted by molar-refractivity contribution is -0.129. The van der Waals surface area contributed by atoms with Gasteiger partial charge in [-0.2, -0.15) is 15.0 Å². The molecule has 690 valence electrons. The van der Waals surface area contributed by atoms with Crippen molar-refractivity contribution in [1.82, 2.24) is 73.3 Å². The van der Waals surface area contributed by atoms with Crippen LogP contribution < -0.4 is 49.0 Å². The number of aryl methyl sites for hydroxylation is 3. The van der Waals surface area contributed by atoms with Gasteiger partial charge in [-0.15, -0.1) is 0 Å². The number of benzene rings is 3. The normalized spacial score (nSPS) is 15.4. The first-order valence-electron chi connectivity index (χ1n) is 41.0. The molecule has 0 saturated carbocycles. The molecular formula is C90H84Cl4F11N21O6. The summed E-state index contributed by atoms with van der Waals surface area (Å²) < 4.78 is 169. The van der Waals surface area contributed by atoms with Crippen LogP contribution in [0.15, 0.2) is 107 Å². The van der Waals surface area contributed by atoms with E-state index >= 15 is 22.0 Å². The number of amides is 3. The second kappa shape index (κ2) is 37.9. The maximum absolute atomic E-state index is 16.0. The summed E-state index contributed by atoms with van der Waals surface area (Å²) >= 11 is 24.2. The zero-order chi connectivity index (χ0) is 96.6. The molecule has 3 aliphatic heterocycles. The molecule has 3 amide bonds. The summed E-state index contributed by atoms with van der Waals surface area (Å²) in [5.74, 6) is -17.9. The van der Waals surface area contributed by atoms with E-state index in [0.29, 0.717) is 58.2 Å². The highest BCUT2D eigenvalue weighted by molar-refractivity contribution is 6.41. The van der Waals surface area contributed by atoms with E-state index in [1.165, 1.54) is 27.4 Å². The van der Waals surface area contributed by atoms with Crippen LogP contribution in [0.3, 0.4) is 0 Å². The second-order valence-corrected chi connectivity index (χ2v) is 34.0. The van der Waals surface area contributed by atoms with Gasteiger partial charge in [-0.25, -0.2) is 91.3 Å². The smallest absolute Gasteiger partial charge is 0.355 e. The van der Waals surface area contributed by atoms with E-state index in [1.807, 2.05) is 55.4 Å². The van der Waals surface area contributed by atoms with Crippen molar-refractivity contribution >= 4 is 132 Å². The lowest BCUT2D eigenvalue weighted by atomic mass is 10.0. The van der Waals surface area contributed by atoms with Crippen molar-refractivity contribution < 1.29 is 62.7 Å². The molecule has 3 atom stereocenters. The molecule has 12 heterocycles. The van der Waals surface area contributed by atoms with Crippen molar-refractivity contribution in [2.75, 3.05) is 90.8 Å². The van der Waals surface area contributed by atoms with Gasteiger partial charge in [0.25, 0.3) is 0 Å². The summed E-state index contributed by atoms with van der Waals surface area (Å²) in [5.41, 5.74) is 11.2. The van der Waals surface area contributed by atoms with Gasteiger partial charge in [0, 0.05) is 101 Å². The number of hydrogen-bond acceptors (Lipinski definition) is 21. The van der Waals surface area contributed by atoms with Crippen molar-refractivity contribution in [3.8, 4) is 50.8 Å². The molecule has 3 saturated heterocycles. The Labute approximate surface area is 766 Å². The maximum atomic E-state index is 16.0. The Morgan fingerprint density at radius 1 is 0.386 bits per heavy atom. The first-order valence-corrected chi connectivity index (χ1v) is 42.5. The zero-order valence-corrected chi connectivity index (χ0v) is 75.8. The number of carbonyl (C=O) groups excluding carboxylic acids is 3. The zero-order valence-electron chi connectivity index (χ0n) is 72.8. The molecule has 27 nitrogen and oxygen atoms in total. The number of halogens is 15. The Morgan fingerprint density at radius 2 is 0.705 bits per heavy atom. The quantitative estimate of drug-likeness (QED) is 0.0282. The van der Waals surface area contributed by atoms with Gasteiger partial charge in [-0.05, 0) is 131 Å². The SMILES string of the molecule is C=CC(=O)N1CCN(c2nc(=O)n(-c3c(C)ccnc3C(C)C)c3nc(-c4c(Cl)c(N)c(F)c(F)c4Cl)c(F)cc23)C[C@H]1C.C=CC(=O)N1CCN(c2nc(=O)n(-c3c(C)ccnc3C(C)C)c3nc(-c4c(F)c(N)c(F)c(F)c4F)c(F)cc23)C[C@H]1C.C=CC(=O)N1CCN(c2nc(=O)n(-c3c(C)ccnc3C(C)C)c3nc(-c4c(N)c(Cl)c(F)c(Cl)c4F)c(F)cc23)C[C@H]1C. The third kappa shape index (κ3) is 17.2. The van der Waals surface area contributed by atoms with Crippen LogP contribution in [0.4, 0.5) is 82.8 Å². The predicted molar refractivity (Wildman–Crippen MR) is 485 cm³/mol. The lowest BCUT2D eigenvalue weighted by Crippen LogP contribution is -2.54. The van der Waals surface area contributed by atoms with Crippen LogP contribution >= 0.6 is 46.4 Å². The highest BCUT2D eigenvalue weighted by Gasteiger charge is 2.39. The molecule has 0 unspecified atom stereocenters. The van der Waals surface area contributed by atoms with Crippen LogP contribution in [0.1, 0.15) is 114 Å². The molecule has 132 heavy (non-hydrogen) atoms. The molecular weight excluding hydrogens is 1820 g/mol. The summed E-state index contributed by atoms with van der Waals surface area (Å²) in [4.78, 5) is 128. The van der Waals surface area contributed by atoms with E-state index in [0.717, 1.165) is 22.8 Å². The number of hydrogen-bond donors (Lipinski definition) is 3. The maximum Gasteiger partial charge on any atom is 0.355 e. The van der Waals surface area contributed by atoms with Crippen molar-refractivity contribution in [3.63, 3.8) is 0 Å². The molecule has 9 aromatic heterocycles. The van der Waals surface area contributed by atoms with Crippen LogP contribution in [0.5, 0.6) is 0 Å². The number of nitrogen functional groups attached to an aromatic ring is 3. The number of aromatic nitrogens is 12. The molecule has 15 rings (SSSR count). The second-order valence-electron chi connectivity index (χ2n) is 32.5. The monoisotopic (exact) mass is 1900 g/mol. The van der Waals surface area contributed by atoms with E-state index in [4.69, 9.17) is 63.6 Å². The number of nitrogens with zero attached hydrogens (tertiary/aromatic N) is 18. The van der Waals surface area contributed by atoms with Crippen molar-refractivity contribution in [1.29, 1.82) is 0 Å². The fourth-order valence-electron chi connectivity index (χ4n) is 16.4. The predicted octanol–water partition coefficient (Wildman–Crippen LogP) is 16.4. The minimum Gasteiger partial charge on any atom is -0.397 e. The molecule has 12 aromatic rings. The molecule has 0 spiro atoms. The Kier molecular flexibility index (Phi) is 27.7. The summed E-state index contributed by atoms with van der Waals surface area (Å²) in [7, 11) is 0. The largest absolute Gasteiger partial charge is 0.397 e. The molecule has 3 fully saturated rings. The Hall–Kier alpha value is -13.2. The molecule has 3 aliphatic rings. The van der Waals surface area contributed by atoms with Gasteiger partial charge in [0.15, 0.2) is 75.1 Å². The Balaban J connectivity index is 0.000000168. The standard InChI is InChI=1S/2C30H28Cl2F3N7O2.C30H28F5N7O2/c1-6-18(43)41-10-9-40(12-15(41)5)28-16-11-17(33)26(19-22(34)20(31)23(35)21(32)24(19)36)38-29(16)42(30(44)39-28)27-14(4)7-8-37-25(27)13(2)3;1-6-18(43)41-10-9-40(12-15(41)5)28-16-11-17(33)26(19-20(31)22(34)23(35)24(36)21(19)32)38-29(16)42(30(44)39-28)27-14(4)7-8-37-25(27)13(2)3;1-6-18(43)41-10-9-40(12-15(41)5)28-16-11-17(31)26(19-20(32)22(34)23(35)24(36)21(19)33)38-29(16)42(30(44)39-28)27-14(4)7-8-37-25(27)13(2)3/h3*6-8,11,13,15H,1,9-10,12,36H2,2-5H3/t3*15-/m111/s1. The summed E-state index contributed by atoms with van der Waals surface area (Å²) in [5, 5.41) is -2.81.